The molecule has 17 heavy (non-hydrogen) atoms. The summed E-state index contributed by atoms with van der Waals surface area (Å²) in [4.78, 5) is 14.6. The Labute approximate surface area is 105 Å². The highest BCUT2D eigenvalue weighted by Crippen LogP contribution is 2.33. The van der Waals surface area contributed by atoms with E-state index in [-0.39, 0.29) is 5.92 Å². The maximum atomic E-state index is 12.5. The third-order valence-corrected chi connectivity index (χ3v) is 4.61. The van der Waals surface area contributed by atoms with Crippen LogP contribution < -0.4 is 5.73 Å². The number of likely N-dealkylation sites (tertiary alicyclic amines) is 1. The van der Waals surface area contributed by atoms with Crippen LogP contribution in [0.1, 0.15) is 45.4 Å². The Hall–Kier alpha value is -0.570. The van der Waals surface area contributed by atoms with Gasteiger partial charge in [-0.1, -0.05) is 13.3 Å². The summed E-state index contributed by atoms with van der Waals surface area (Å²) in [5.41, 5.74) is 5.77. The molecule has 98 valence electrons. The van der Waals surface area contributed by atoms with Crippen molar-refractivity contribution in [1.29, 1.82) is 0 Å². The summed E-state index contributed by atoms with van der Waals surface area (Å²) in [5.74, 6) is 1.85. The van der Waals surface area contributed by atoms with Crippen LogP contribution in [0.15, 0.2) is 0 Å². The van der Waals surface area contributed by atoms with Crippen molar-refractivity contribution >= 4 is 5.91 Å². The molecule has 0 spiro atoms. The lowest BCUT2D eigenvalue weighted by atomic mass is 9.94. The Balaban J connectivity index is 1.94. The van der Waals surface area contributed by atoms with Gasteiger partial charge in [0.25, 0.3) is 0 Å². The van der Waals surface area contributed by atoms with Crippen LogP contribution in [-0.4, -0.2) is 30.4 Å². The van der Waals surface area contributed by atoms with Crippen molar-refractivity contribution in [3.05, 3.63) is 0 Å². The predicted octanol–water partition coefficient (Wildman–Crippen LogP) is 2.01. The van der Waals surface area contributed by atoms with Gasteiger partial charge in [-0.2, -0.15) is 0 Å². The summed E-state index contributed by atoms with van der Waals surface area (Å²) in [6.07, 6.45) is 7.01. The molecule has 1 aliphatic heterocycles. The largest absolute Gasteiger partial charge is 0.342 e. The normalized spacial score (nSPS) is 34.7. The summed E-state index contributed by atoms with van der Waals surface area (Å²) < 4.78 is 0. The highest BCUT2D eigenvalue weighted by molar-refractivity contribution is 5.79. The molecule has 0 radical (unpaired) electrons. The highest BCUT2D eigenvalue weighted by atomic mass is 16.2. The number of amides is 1. The molecular formula is C14H26N2O. The van der Waals surface area contributed by atoms with Gasteiger partial charge in [-0.3, -0.25) is 4.79 Å². The number of hydrogen-bond acceptors (Lipinski definition) is 2. The maximum Gasteiger partial charge on any atom is 0.226 e. The lowest BCUT2D eigenvalue weighted by molar-refractivity contribution is -0.136. The van der Waals surface area contributed by atoms with E-state index in [2.05, 4.69) is 11.8 Å². The highest BCUT2D eigenvalue weighted by Gasteiger charge is 2.34. The number of nitrogens with zero attached hydrogens (tertiary/aromatic N) is 1. The minimum Gasteiger partial charge on any atom is -0.342 e. The van der Waals surface area contributed by atoms with E-state index in [0.717, 1.165) is 31.8 Å². The average Bonchev–Trinajstić information content (AvgIpc) is 2.70. The fourth-order valence-electron chi connectivity index (χ4n) is 3.36. The van der Waals surface area contributed by atoms with E-state index in [9.17, 15) is 4.79 Å². The van der Waals surface area contributed by atoms with Gasteiger partial charge in [0.05, 0.1) is 0 Å². The first-order valence-electron chi connectivity index (χ1n) is 7.21. The molecule has 1 amide bonds. The zero-order valence-corrected chi connectivity index (χ0v) is 11.0. The first-order chi connectivity index (χ1) is 8.22. The third-order valence-electron chi connectivity index (χ3n) is 4.61. The Morgan fingerprint density at radius 3 is 2.76 bits per heavy atom. The van der Waals surface area contributed by atoms with Crippen molar-refractivity contribution in [2.75, 3.05) is 19.6 Å². The molecule has 1 saturated heterocycles. The smallest absolute Gasteiger partial charge is 0.226 e. The van der Waals surface area contributed by atoms with Crippen molar-refractivity contribution in [1.82, 2.24) is 4.90 Å². The van der Waals surface area contributed by atoms with Gasteiger partial charge in [-0.15, -0.1) is 0 Å². The Kier molecular flexibility index (Phi) is 4.43. The molecule has 2 N–H and O–H groups in total. The second-order valence-electron chi connectivity index (χ2n) is 5.89. The summed E-state index contributed by atoms with van der Waals surface area (Å²) in [6.45, 7) is 4.91. The molecule has 3 atom stereocenters. The maximum absolute atomic E-state index is 12.5. The van der Waals surface area contributed by atoms with Crippen LogP contribution in [0, 0.1) is 17.8 Å². The van der Waals surface area contributed by atoms with E-state index in [1.54, 1.807) is 0 Å². The van der Waals surface area contributed by atoms with Gasteiger partial charge in [-0.25, -0.2) is 0 Å². The van der Waals surface area contributed by atoms with Crippen molar-refractivity contribution in [2.24, 2.45) is 23.5 Å². The summed E-state index contributed by atoms with van der Waals surface area (Å²) >= 11 is 0. The van der Waals surface area contributed by atoms with Crippen LogP contribution in [0.5, 0.6) is 0 Å². The van der Waals surface area contributed by atoms with Crippen LogP contribution in [0.2, 0.25) is 0 Å². The quantitative estimate of drug-likeness (QED) is 0.800. The zero-order valence-electron chi connectivity index (χ0n) is 11.0. The third kappa shape index (κ3) is 3.01. The van der Waals surface area contributed by atoms with Crippen molar-refractivity contribution in [2.45, 2.75) is 45.4 Å². The second kappa shape index (κ2) is 5.85. The molecule has 0 aromatic heterocycles. The molecule has 2 aliphatic rings. The molecule has 3 heteroatoms. The molecule has 0 aromatic rings. The molecule has 2 rings (SSSR count). The number of nitrogens with two attached hydrogens (primary N) is 1. The second-order valence-corrected chi connectivity index (χ2v) is 5.89. The van der Waals surface area contributed by atoms with Crippen LogP contribution in [0.3, 0.4) is 0 Å². The van der Waals surface area contributed by atoms with Crippen LogP contribution in [0.4, 0.5) is 0 Å². The van der Waals surface area contributed by atoms with E-state index in [0.29, 0.717) is 18.4 Å². The van der Waals surface area contributed by atoms with Gasteiger partial charge in [0, 0.05) is 19.0 Å². The van der Waals surface area contributed by atoms with Gasteiger partial charge >= 0.3 is 0 Å². The Bertz CT molecular complexity index is 267. The summed E-state index contributed by atoms with van der Waals surface area (Å²) in [5, 5.41) is 0. The van der Waals surface area contributed by atoms with Gasteiger partial charge in [0.2, 0.25) is 5.91 Å². The molecule has 3 unspecified atom stereocenters. The van der Waals surface area contributed by atoms with Gasteiger partial charge in [-0.05, 0) is 50.5 Å². The first kappa shape index (κ1) is 12.9. The minimum atomic E-state index is 0.230. The lowest BCUT2D eigenvalue weighted by Crippen LogP contribution is -2.39. The number of carbonyl (C=O) groups excluding carboxylic acids is 1. The monoisotopic (exact) mass is 238 g/mol. The molecule has 0 aromatic carbocycles. The number of carbonyl (C=O) groups is 1. The predicted molar refractivity (Wildman–Crippen MR) is 69.5 cm³/mol. The van der Waals surface area contributed by atoms with Crippen molar-refractivity contribution in [3.63, 3.8) is 0 Å². The molecule has 1 saturated carbocycles. The van der Waals surface area contributed by atoms with E-state index in [1.807, 2.05) is 0 Å². The molecule has 3 nitrogen and oxygen atoms in total. The summed E-state index contributed by atoms with van der Waals surface area (Å²) in [6, 6.07) is 0. The standard InChI is InChI=1S/C14H26N2O/c1-11-4-3-8-16(9-7-11)14(17)13-6-2-5-12(13)10-15/h11-13H,2-10,15H2,1H3. The van der Waals surface area contributed by atoms with E-state index in [4.69, 9.17) is 5.73 Å². The number of rotatable bonds is 2. The molecule has 1 aliphatic carbocycles. The Morgan fingerprint density at radius 1 is 1.18 bits per heavy atom. The minimum absolute atomic E-state index is 0.230. The number of hydrogen-bond donors (Lipinski definition) is 1. The van der Waals surface area contributed by atoms with Crippen molar-refractivity contribution in [3.8, 4) is 0 Å². The zero-order chi connectivity index (χ0) is 12.3. The van der Waals surface area contributed by atoms with Gasteiger partial charge in [0.1, 0.15) is 0 Å². The van der Waals surface area contributed by atoms with Crippen molar-refractivity contribution < 1.29 is 4.79 Å². The first-order valence-corrected chi connectivity index (χ1v) is 7.21. The summed E-state index contributed by atoms with van der Waals surface area (Å²) in [7, 11) is 0. The van der Waals surface area contributed by atoms with Crippen LogP contribution >= 0.6 is 0 Å². The average molecular weight is 238 g/mol. The van der Waals surface area contributed by atoms with Crippen LogP contribution in [0.25, 0.3) is 0 Å². The Morgan fingerprint density at radius 2 is 2.00 bits per heavy atom. The van der Waals surface area contributed by atoms with Gasteiger partial charge in [0.15, 0.2) is 0 Å². The molecule has 2 fully saturated rings. The van der Waals surface area contributed by atoms with Gasteiger partial charge < -0.3 is 10.6 Å². The topological polar surface area (TPSA) is 46.3 Å². The van der Waals surface area contributed by atoms with E-state index >= 15 is 0 Å². The molecule has 0 bridgehead atoms. The SMILES string of the molecule is CC1CCCN(C(=O)C2CCCC2CN)CC1. The fraction of sp³-hybridized carbons (Fsp3) is 0.929. The molecule has 1 heterocycles. The van der Waals surface area contributed by atoms with Crippen LogP contribution in [-0.2, 0) is 4.79 Å². The lowest BCUT2D eigenvalue weighted by Gasteiger charge is -2.26. The fourth-order valence-corrected chi connectivity index (χ4v) is 3.36. The molecular weight excluding hydrogens is 212 g/mol. The van der Waals surface area contributed by atoms with E-state index < -0.39 is 0 Å². The van der Waals surface area contributed by atoms with E-state index in [1.165, 1.54) is 25.7 Å².